The van der Waals surface area contributed by atoms with E-state index in [-0.39, 0.29) is 23.7 Å². The molecule has 2 aliphatic rings. The Bertz CT molecular complexity index is 378. The number of carboxylic acids is 1. The van der Waals surface area contributed by atoms with E-state index < -0.39 is 11.9 Å². The van der Waals surface area contributed by atoms with Crippen molar-refractivity contribution in [3.63, 3.8) is 0 Å². The summed E-state index contributed by atoms with van der Waals surface area (Å²) in [5.41, 5.74) is 0. The van der Waals surface area contributed by atoms with Crippen molar-refractivity contribution in [2.75, 3.05) is 6.54 Å². The molecule has 0 aromatic carbocycles. The number of hydrogen-bond acceptors (Lipinski definition) is 2. The minimum absolute atomic E-state index is 0.0540. The predicted molar refractivity (Wildman–Crippen MR) is 72.5 cm³/mol. The van der Waals surface area contributed by atoms with Crippen LogP contribution in [-0.4, -0.2) is 23.5 Å². The number of fused-ring (bicyclic) bond motifs is 2. The van der Waals surface area contributed by atoms with Crippen LogP contribution in [0.1, 0.15) is 39.0 Å². The van der Waals surface area contributed by atoms with E-state index in [1.807, 2.05) is 12.2 Å². The first-order valence-electron chi connectivity index (χ1n) is 7.34. The summed E-state index contributed by atoms with van der Waals surface area (Å²) in [4.78, 5) is 23.5. The number of carbonyl (C=O) groups is 2. The van der Waals surface area contributed by atoms with Gasteiger partial charge in [-0.25, -0.2) is 0 Å². The second-order valence-electron chi connectivity index (χ2n) is 5.69. The normalized spacial score (nSPS) is 31.6. The van der Waals surface area contributed by atoms with E-state index in [1.165, 1.54) is 12.8 Å². The van der Waals surface area contributed by atoms with Crippen molar-refractivity contribution in [1.29, 1.82) is 0 Å². The number of rotatable bonds is 7. The van der Waals surface area contributed by atoms with Crippen molar-refractivity contribution in [3.05, 3.63) is 12.2 Å². The molecule has 0 aromatic rings. The average Bonchev–Trinajstić information content (AvgIpc) is 2.98. The van der Waals surface area contributed by atoms with Gasteiger partial charge < -0.3 is 10.4 Å². The fourth-order valence-corrected chi connectivity index (χ4v) is 3.40. The van der Waals surface area contributed by atoms with Gasteiger partial charge in [0.1, 0.15) is 0 Å². The van der Waals surface area contributed by atoms with Gasteiger partial charge in [0.05, 0.1) is 11.8 Å². The van der Waals surface area contributed by atoms with Crippen LogP contribution in [0, 0.1) is 23.7 Å². The lowest BCUT2D eigenvalue weighted by Crippen LogP contribution is -2.40. The highest BCUT2D eigenvalue weighted by Gasteiger charge is 2.51. The summed E-state index contributed by atoms with van der Waals surface area (Å²) >= 11 is 0. The second kappa shape index (κ2) is 6.22. The van der Waals surface area contributed by atoms with Crippen molar-refractivity contribution < 1.29 is 14.7 Å². The van der Waals surface area contributed by atoms with Crippen LogP contribution in [0.2, 0.25) is 0 Å². The zero-order valence-corrected chi connectivity index (χ0v) is 11.5. The summed E-state index contributed by atoms with van der Waals surface area (Å²) in [6.45, 7) is 2.82. The predicted octanol–water partition coefficient (Wildman–Crippen LogP) is 2.21. The monoisotopic (exact) mass is 265 g/mol. The van der Waals surface area contributed by atoms with E-state index in [2.05, 4.69) is 12.2 Å². The van der Waals surface area contributed by atoms with Gasteiger partial charge in [0.2, 0.25) is 5.91 Å². The second-order valence-corrected chi connectivity index (χ2v) is 5.69. The lowest BCUT2D eigenvalue weighted by molar-refractivity contribution is -0.147. The third-order valence-corrected chi connectivity index (χ3v) is 4.38. The lowest BCUT2D eigenvalue weighted by atomic mass is 9.82. The zero-order valence-electron chi connectivity index (χ0n) is 11.5. The molecule has 2 N–H and O–H groups in total. The number of amides is 1. The number of nitrogens with one attached hydrogen (secondary N) is 1. The third kappa shape index (κ3) is 2.99. The molecule has 0 unspecified atom stereocenters. The van der Waals surface area contributed by atoms with Crippen LogP contribution in [0.5, 0.6) is 0 Å². The summed E-state index contributed by atoms with van der Waals surface area (Å²) in [6, 6.07) is 0. The molecular weight excluding hydrogens is 242 g/mol. The first kappa shape index (κ1) is 14.1. The van der Waals surface area contributed by atoms with E-state index in [0.717, 1.165) is 19.3 Å². The Morgan fingerprint density at radius 2 is 1.84 bits per heavy atom. The Hall–Kier alpha value is -1.32. The number of carbonyl (C=O) groups excluding carboxylic acids is 1. The SMILES string of the molecule is CCCCCCNC(=O)[C@H]1[C@H](C(=O)O)[C@H]2C=C[C@H]1C2. The molecule has 0 spiro atoms. The number of carboxylic acid groups (broad SMARTS) is 1. The van der Waals surface area contributed by atoms with E-state index in [4.69, 9.17) is 0 Å². The molecule has 1 amide bonds. The van der Waals surface area contributed by atoms with Gasteiger partial charge >= 0.3 is 5.97 Å². The first-order chi connectivity index (χ1) is 9.15. The third-order valence-electron chi connectivity index (χ3n) is 4.38. The van der Waals surface area contributed by atoms with E-state index in [0.29, 0.717) is 6.54 Å². The maximum absolute atomic E-state index is 12.2. The minimum atomic E-state index is -0.831. The molecule has 0 aliphatic heterocycles. The Morgan fingerprint density at radius 3 is 2.47 bits per heavy atom. The van der Waals surface area contributed by atoms with Gasteiger partial charge in [-0.2, -0.15) is 0 Å². The summed E-state index contributed by atoms with van der Waals surface area (Å²) in [6.07, 6.45) is 9.27. The van der Waals surface area contributed by atoms with Crippen LogP contribution < -0.4 is 5.32 Å². The summed E-state index contributed by atoms with van der Waals surface area (Å²) in [7, 11) is 0. The highest BCUT2D eigenvalue weighted by Crippen LogP contribution is 2.48. The standard InChI is InChI=1S/C15H23NO3/c1-2-3-4-5-8-16-14(17)12-10-6-7-11(9-10)13(12)15(18)19/h6-7,10-13H,2-5,8-9H2,1H3,(H,16,17)(H,18,19)/t10-,11-,12+,13+/m0/s1. The molecule has 0 heterocycles. The molecule has 106 valence electrons. The van der Waals surface area contributed by atoms with Crippen molar-refractivity contribution in [2.24, 2.45) is 23.7 Å². The molecule has 0 aromatic heterocycles. The number of allylic oxidation sites excluding steroid dienone is 2. The first-order valence-corrected chi connectivity index (χ1v) is 7.34. The maximum Gasteiger partial charge on any atom is 0.307 e. The average molecular weight is 265 g/mol. The van der Waals surface area contributed by atoms with Crippen LogP contribution in [-0.2, 0) is 9.59 Å². The molecule has 2 aliphatic carbocycles. The van der Waals surface area contributed by atoms with Crippen LogP contribution in [0.3, 0.4) is 0 Å². The summed E-state index contributed by atoms with van der Waals surface area (Å²) in [5.74, 6) is -1.60. The fraction of sp³-hybridized carbons (Fsp3) is 0.733. The van der Waals surface area contributed by atoms with Crippen LogP contribution >= 0.6 is 0 Å². The van der Waals surface area contributed by atoms with Crippen molar-refractivity contribution in [1.82, 2.24) is 5.32 Å². The molecule has 19 heavy (non-hydrogen) atoms. The molecule has 0 saturated heterocycles. The van der Waals surface area contributed by atoms with Crippen molar-refractivity contribution in [2.45, 2.75) is 39.0 Å². The Balaban J connectivity index is 1.84. The topological polar surface area (TPSA) is 66.4 Å². The van der Waals surface area contributed by atoms with Gasteiger partial charge in [0.25, 0.3) is 0 Å². The molecule has 4 atom stereocenters. The molecule has 4 heteroatoms. The highest BCUT2D eigenvalue weighted by molar-refractivity contribution is 5.86. The quantitative estimate of drug-likeness (QED) is 0.548. The molecule has 0 radical (unpaired) electrons. The number of unbranched alkanes of at least 4 members (excludes halogenated alkanes) is 3. The van der Waals surface area contributed by atoms with E-state index >= 15 is 0 Å². The van der Waals surface area contributed by atoms with Crippen LogP contribution in [0.4, 0.5) is 0 Å². The summed E-state index contributed by atoms with van der Waals surface area (Å²) < 4.78 is 0. The van der Waals surface area contributed by atoms with E-state index in [9.17, 15) is 14.7 Å². The number of hydrogen-bond donors (Lipinski definition) is 2. The van der Waals surface area contributed by atoms with Gasteiger partial charge in [-0.1, -0.05) is 38.3 Å². The molecule has 4 nitrogen and oxygen atoms in total. The lowest BCUT2D eigenvalue weighted by Gasteiger charge is -2.23. The summed E-state index contributed by atoms with van der Waals surface area (Å²) in [5, 5.41) is 12.2. The molecular formula is C15H23NO3. The van der Waals surface area contributed by atoms with Gasteiger partial charge in [0, 0.05) is 6.54 Å². The Morgan fingerprint density at radius 1 is 1.16 bits per heavy atom. The van der Waals surface area contributed by atoms with Crippen molar-refractivity contribution in [3.8, 4) is 0 Å². The highest BCUT2D eigenvalue weighted by atomic mass is 16.4. The smallest absolute Gasteiger partial charge is 0.307 e. The Kier molecular flexibility index (Phi) is 4.61. The largest absolute Gasteiger partial charge is 0.481 e. The number of aliphatic carboxylic acids is 1. The molecule has 2 bridgehead atoms. The van der Waals surface area contributed by atoms with Gasteiger partial charge in [-0.05, 0) is 24.7 Å². The molecule has 1 fully saturated rings. The van der Waals surface area contributed by atoms with Gasteiger partial charge in [0.15, 0.2) is 0 Å². The van der Waals surface area contributed by atoms with E-state index in [1.54, 1.807) is 0 Å². The van der Waals surface area contributed by atoms with Crippen molar-refractivity contribution >= 4 is 11.9 Å². The maximum atomic E-state index is 12.2. The molecule has 1 saturated carbocycles. The van der Waals surface area contributed by atoms with Gasteiger partial charge in [-0.3, -0.25) is 9.59 Å². The minimum Gasteiger partial charge on any atom is -0.481 e. The van der Waals surface area contributed by atoms with Crippen LogP contribution in [0.25, 0.3) is 0 Å². The zero-order chi connectivity index (χ0) is 13.8. The Labute approximate surface area is 114 Å². The fourth-order valence-electron chi connectivity index (χ4n) is 3.40. The van der Waals surface area contributed by atoms with Crippen LogP contribution in [0.15, 0.2) is 12.2 Å². The molecule has 2 rings (SSSR count). The van der Waals surface area contributed by atoms with Gasteiger partial charge in [-0.15, -0.1) is 0 Å².